The van der Waals surface area contributed by atoms with Gasteiger partial charge in [0.25, 0.3) is 0 Å². The average molecular weight is 266 g/mol. The van der Waals surface area contributed by atoms with Crippen molar-refractivity contribution in [2.75, 3.05) is 6.61 Å². The molecule has 1 aliphatic heterocycles. The van der Waals surface area contributed by atoms with Crippen LogP contribution in [-0.2, 0) is 19.1 Å². The molecular formula is C14H18O5. The predicted octanol–water partition coefficient (Wildman–Crippen LogP) is 2.18. The molecule has 0 radical (unpaired) electrons. The van der Waals surface area contributed by atoms with E-state index < -0.39 is 11.9 Å². The van der Waals surface area contributed by atoms with Gasteiger partial charge in [0.2, 0.25) is 0 Å². The number of carboxylic acid groups (broad SMARTS) is 1. The van der Waals surface area contributed by atoms with Gasteiger partial charge in [-0.3, -0.25) is 0 Å². The zero-order valence-electron chi connectivity index (χ0n) is 11.0. The molecule has 0 spiro atoms. The van der Waals surface area contributed by atoms with Crippen LogP contribution in [-0.4, -0.2) is 29.8 Å². The predicted molar refractivity (Wildman–Crippen MR) is 67.3 cm³/mol. The molecule has 2 rings (SSSR count). The zero-order valence-corrected chi connectivity index (χ0v) is 11.0. The van der Waals surface area contributed by atoms with Crippen LogP contribution in [0.3, 0.4) is 0 Å². The fourth-order valence-electron chi connectivity index (χ4n) is 2.21. The second kappa shape index (κ2) is 6.02. The van der Waals surface area contributed by atoms with Gasteiger partial charge in [0.1, 0.15) is 6.26 Å². The molecule has 1 heterocycles. The lowest BCUT2D eigenvalue weighted by molar-refractivity contribution is -0.135. The van der Waals surface area contributed by atoms with Gasteiger partial charge in [-0.05, 0) is 32.6 Å². The van der Waals surface area contributed by atoms with Gasteiger partial charge in [-0.15, -0.1) is 0 Å². The Morgan fingerprint density at radius 3 is 2.74 bits per heavy atom. The molecule has 5 nitrogen and oxygen atoms in total. The summed E-state index contributed by atoms with van der Waals surface area (Å²) in [6.45, 7) is 2.55. The van der Waals surface area contributed by atoms with Gasteiger partial charge in [-0.1, -0.05) is 5.57 Å². The summed E-state index contributed by atoms with van der Waals surface area (Å²) in [5.41, 5.74) is 1.77. The number of hydrogen-bond acceptors (Lipinski definition) is 4. The van der Waals surface area contributed by atoms with Crippen LogP contribution in [0.15, 0.2) is 23.0 Å². The largest absolute Gasteiger partial charge is 0.478 e. The Bertz CT molecular complexity index is 441. The lowest BCUT2D eigenvalue weighted by Crippen LogP contribution is -2.16. The third-order valence-corrected chi connectivity index (χ3v) is 3.57. The molecule has 0 aromatic carbocycles. The maximum atomic E-state index is 11.7. The zero-order chi connectivity index (χ0) is 13.8. The molecule has 1 fully saturated rings. The van der Waals surface area contributed by atoms with E-state index in [9.17, 15) is 9.59 Å². The van der Waals surface area contributed by atoms with E-state index in [1.54, 1.807) is 0 Å². The van der Waals surface area contributed by atoms with Gasteiger partial charge >= 0.3 is 11.9 Å². The molecule has 1 unspecified atom stereocenters. The van der Waals surface area contributed by atoms with Gasteiger partial charge in [0.15, 0.2) is 0 Å². The van der Waals surface area contributed by atoms with E-state index in [1.807, 2.05) is 6.92 Å². The summed E-state index contributed by atoms with van der Waals surface area (Å²) in [6.07, 6.45) is 4.69. The number of esters is 1. The Balaban J connectivity index is 1.94. The summed E-state index contributed by atoms with van der Waals surface area (Å²) in [4.78, 5) is 22.7. The number of aliphatic carboxylic acids is 1. The van der Waals surface area contributed by atoms with Gasteiger partial charge in [-0.2, -0.15) is 0 Å². The average Bonchev–Trinajstić information content (AvgIpc) is 2.85. The number of carbonyl (C=O) groups is 2. The smallest absolute Gasteiger partial charge is 0.338 e. The number of rotatable bonds is 5. The third kappa shape index (κ3) is 3.44. The highest BCUT2D eigenvalue weighted by Crippen LogP contribution is 2.28. The minimum absolute atomic E-state index is 0.0780. The number of hydrogen-bond donors (Lipinski definition) is 1. The first-order valence-electron chi connectivity index (χ1n) is 6.51. The molecule has 19 heavy (non-hydrogen) atoms. The Labute approximate surface area is 111 Å². The minimum atomic E-state index is -1.07. The molecule has 1 saturated heterocycles. The third-order valence-electron chi connectivity index (χ3n) is 3.57. The van der Waals surface area contributed by atoms with E-state index in [0.717, 1.165) is 31.1 Å². The summed E-state index contributed by atoms with van der Waals surface area (Å²) >= 11 is 0. The van der Waals surface area contributed by atoms with Crippen LogP contribution >= 0.6 is 0 Å². The van der Waals surface area contributed by atoms with Crippen molar-refractivity contribution in [3.8, 4) is 0 Å². The standard InChI is InChI=1S/C14H18O5/c1-9-4-5-12(9)14(17)19-8-10(13(15)16)7-11-3-2-6-18-11/h8,11H,2-7H2,1H3,(H,15,16). The van der Waals surface area contributed by atoms with E-state index in [4.69, 9.17) is 14.6 Å². The van der Waals surface area contributed by atoms with Crippen LogP contribution < -0.4 is 0 Å². The Kier molecular flexibility index (Phi) is 4.37. The van der Waals surface area contributed by atoms with Crippen molar-refractivity contribution in [1.82, 2.24) is 0 Å². The molecule has 0 aromatic heterocycles. The van der Waals surface area contributed by atoms with Crippen molar-refractivity contribution in [3.05, 3.63) is 23.0 Å². The van der Waals surface area contributed by atoms with Gasteiger partial charge in [0.05, 0.1) is 11.7 Å². The van der Waals surface area contributed by atoms with Crippen molar-refractivity contribution in [3.63, 3.8) is 0 Å². The molecule has 1 N–H and O–H groups in total. The minimum Gasteiger partial charge on any atom is -0.478 e. The van der Waals surface area contributed by atoms with E-state index in [1.165, 1.54) is 0 Å². The quantitative estimate of drug-likeness (QED) is 0.469. The Hall–Kier alpha value is -1.62. The highest BCUT2D eigenvalue weighted by molar-refractivity contribution is 5.92. The number of carboxylic acids is 1. The van der Waals surface area contributed by atoms with E-state index in [2.05, 4.69) is 0 Å². The molecule has 1 atom stereocenters. The normalized spacial score (nSPS) is 23.2. The van der Waals surface area contributed by atoms with Crippen molar-refractivity contribution in [2.45, 2.75) is 45.1 Å². The monoisotopic (exact) mass is 266 g/mol. The van der Waals surface area contributed by atoms with Gasteiger partial charge < -0.3 is 14.6 Å². The topological polar surface area (TPSA) is 72.8 Å². The summed E-state index contributed by atoms with van der Waals surface area (Å²) < 4.78 is 10.3. The molecule has 0 aromatic rings. The Morgan fingerprint density at radius 2 is 2.26 bits per heavy atom. The second-order valence-electron chi connectivity index (χ2n) is 4.95. The SMILES string of the molecule is CC1=C(C(=O)OC=C(CC2CCCO2)C(=O)O)CC1. The van der Waals surface area contributed by atoms with Gasteiger partial charge in [0, 0.05) is 18.6 Å². The van der Waals surface area contributed by atoms with Gasteiger partial charge in [-0.25, -0.2) is 9.59 Å². The Morgan fingerprint density at radius 1 is 1.47 bits per heavy atom. The number of ether oxygens (including phenoxy) is 2. The summed E-state index contributed by atoms with van der Waals surface area (Å²) in [7, 11) is 0. The molecule has 1 aliphatic carbocycles. The summed E-state index contributed by atoms with van der Waals surface area (Å²) in [6, 6.07) is 0. The molecule has 2 aliphatic rings. The lowest BCUT2D eigenvalue weighted by atomic mass is 9.90. The van der Waals surface area contributed by atoms with Crippen LogP contribution in [0, 0.1) is 0 Å². The summed E-state index contributed by atoms with van der Waals surface area (Å²) in [5, 5.41) is 9.08. The molecular weight excluding hydrogens is 248 g/mol. The lowest BCUT2D eigenvalue weighted by Gasteiger charge is -2.18. The second-order valence-corrected chi connectivity index (χ2v) is 4.95. The molecule has 0 bridgehead atoms. The maximum Gasteiger partial charge on any atom is 0.338 e. The molecule has 5 heteroatoms. The number of allylic oxidation sites excluding steroid dienone is 1. The van der Waals surface area contributed by atoms with Crippen molar-refractivity contribution >= 4 is 11.9 Å². The highest BCUT2D eigenvalue weighted by Gasteiger charge is 2.23. The van der Waals surface area contributed by atoms with Crippen LogP contribution in [0.1, 0.15) is 39.0 Å². The van der Waals surface area contributed by atoms with E-state index in [-0.39, 0.29) is 18.1 Å². The van der Waals surface area contributed by atoms with Crippen LogP contribution in [0.2, 0.25) is 0 Å². The molecule has 0 amide bonds. The highest BCUT2D eigenvalue weighted by atomic mass is 16.5. The van der Waals surface area contributed by atoms with Crippen molar-refractivity contribution in [2.24, 2.45) is 0 Å². The van der Waals surface area contributed by atoms with Crippen LogP contribution in [0.5, 0.6) is 0 Å². The van der Waals surface area contributed by atoms with E-state index >= 15 is 0 Å². The first kappa shape index (κ1) is 13.8. The maximum absolute atomic E-state index is 11.7. The first-order chi connectivity index (χ1) is 9.08. The molecule has 0 saturated carbocycles. The fraction of sp³-hybridized carbons (Fsp3) is 0.571. The van der Waals surface area contributed by atoms with E-state index in [0.29, 0.717) is 18.6 Å². The van der Waals surface area contributed by atoms with Crippen molar-refractivity contribution in [1.29, 1.82) is 0 Å². The first-order valence-corrected chi connectivity index (χ1v) is 6.51. The number of carbonyl (C=O) groups excluding carboxylic acids is 1. The molecule has 104 valence electrons. The van der Waals surface area contributed by atoms with Crippen LogP contribution in [0.4, 0.5) is 0 Å². The summed E-state index contributed by atoms with van der Waals surface area (Å²) in [5.74, 6) is -1.50. The van der Waals surface area contributed by atoms with Crippen LogP contribution in [0.25, 0.3) is 0 Å². The fourth-order valence-corrected chi connectivity index (χ4v) is 2.21. The van der Waals surface area contributed by atoms with Crippen molar-refractivity contribution < 1.29 is 24.2 Å².